The van der Waals surface area contributed by atoms with Crippen LogP contribution in [0.4, 0.5) is 4.39 Å². The quantitative estimate of drug-likeness (QED) is 0.483. The molecule has 4 rings (SSSR count). The van der Waals surface area contributed by atoms with E-state index < -0.39 is 0 Å². The van der Waals surface area contributed by atoms with E-state index in [0.717, 1.165) is 40.1 Å². The van der Waals surface area contributed by atoms with Gasteiger partial charge < -0.3 is 4.74 Å². The molecule has 5 nitrogen and oxygen atoms in total. The van der Waals surface area contributed by atoms with Gasteiger partial charge in [-0.2, -0.15) is 0 Å². The molecule has 0 unspecified atom stereocenters. The van der Waals surface area contributed by atoms with Crippen LogP contribution in [0.1, 0.15) is 29.4 Å². The van der Waals surface area contributed by atoms with E-state index in [9.17, 15) is 4.39 Å². The van der Waals surface area contributed by atoms with Crippen molar-refractivity contribution in [2.24, 2.45) is 0 Å². The number of aromatic nitrogens is 4. The summed E-state index contributed by atoms with van der Waals surface area (Å²) in [6, 6.07) is 11.5. The molecule has 29 heavy (non-hydrogen) atoms. The minimum absolute atomic E-state index is 0.235. The SMILES string of the molecule is CCc1ncccc1-c1ccc(CCc2c(F)cc(C)cc2OC)n2cnnc12. The van der Waals surface area contributed by atoms with Crippen molar-refractivity contribution in [2.45, 2.75) is 33.1 Å². The fraction of sp³-hybridized carbons (Fsp3) is 0.261. The molecule has 3 heterocycles. The lowest BCUT2D eigenvalue weighted by molar-refractivity contribution is 0.404. The summed E-state index contributed by atoms with van der Waals surface area (Å²) < 4.78 is 21.9. The molecule has 0 saturated heterocycles. The van der Waals surface area contributed by atoms with E-state index in [1.54, 1.807) is 25.7 Å². The topological polar surface area (TPSA) is 52.3 Å². The predicted molar refractivity (Wildman–Crippen MR) is 111 cm³/mol. The van der Waals surface area contributed by atoms with Crippen molar-refractivity contribution < 1.29 is 9.13 Å². The molecule has 0 fully saturated rings. The van der Waals surface area contributed by atoms with E-state index in [4.69, 9.17) is 4.74 Å². The molecule has 0 N–H and O–H groups in total. The second-order valence-electron chi connectivity index (χ2n) is 7.04. The summed E-state index contributed by atoms with van der Waals surface area (Å²) in [7, 11) is 1.57. The fourth-order valence-corrected chi connectivity index (χ4v) is 3.76. The maximum Gasteiger partial charge on any atom is 0.168 e. The minimum Gasteiger partial charge on any atom is -0.496 e. The summed E-state index contributed by atoms with van der Waals surface area (Å²) in [5.41, 5.74) is 6.30. The first-order valence-electron chi connectivity index (χ1n) is 9.71. The molecule has 0 bridgehead atoms. The number of hydrogen-bond donors (Lipinski definition) is 0. The van der Waals surface area contributed by atoms with E-state index in [1.807, 2.05) is 23.5 Å². The standard InChI is InChI=1S/C23H23FN4O/c1-4-21-17(6-5-11-25-21)18-9-7-16(28-14-26-27-23(18)28)8-10-19-20(24)12-15(2)13-22(19)29-3/h5-7,9,11-14H,4,8,10H2,1-3H3. The molecule has 0 radical (unpaired) electrons. The molecule has 1 aromatic carbocycles. The van der Waals surface area contributed by atoms with Crippen molar-refractivity contribution in [3.8, 4) is 16.9 Å². The maximum absolute atomic E-state index is 14.5. The Hall–Kier alpha value is -3.28. The van der Waals surface area contributed by atoms with Crippen LogP contribution in [0.25, 0.3) is 16.8 Å². The number of halogens is 1. The van der Waals surface area contributed by atoms with Crippen molar-refractivity contribution in [2.75, 3.05) is 7.11 Å². The van der Waals surface area contributed by atoms with E-state index >= 15 is 0 Å². The number of ether oxygens (including phenoxy) is 1. The number of benzene rings is 1. The molecule has 148 valence electrons. The number of fused-ring (bicyclic) bond motifs is 1. The lowest BCUT2D eigenvalue weighted by atomic mass is 10.0. The first-order chi connectivity index (χ1) is 14.1. The molecule has 0 aliphatic heterocycles. The molecule has 0 amide bonds. The van der Waals surface area contributed by atoms with Gasteiger partial charge in [0.05, 0.1) is 7.11 Å². The molecular formula is C23H23FN4O. The Labute approximate surface area is 169 Å². The second-order valence-corrected chi connectivity index (χ2v) is 7.04. The average Bonchev–Trinajstić information content (AvgIpc) is 3.22. The summed E-state index contributed by atoms with van der Waals surface area (Å²) in [5.74, 6) is 0.350. The van der Waals surface area contributed by atoms with Gasteiger partial charge in [0.25, 0.3) is 0 Å². The monoisotopic (exact) mass is 390 g/mol. The van der Waals surface area contributed by atoms with E-state index in [0.29, 0.717) is 24.2 Å². The van der Waals surface area contributed by atoms with Crippen LogP contribution in [0.2, 0.25) is 0 Å². The van der Waals surface area contributed by atoms with Crippen molar-refractivity contribution in [1.29, 1.82) is 0 Å². The van der Waals surface area contributed by atoms with Crippen molar-refractivity contribution >= 4 is 5.65 Å². The molecule has 0 aliphatic rings. The predicted octanol–water partition coefficient (Wildman–Crippen LogP) is 4.60. The molecular weight excluding hydrogens is 367 g/mol. The van der Waals surface area contributed by atoms with Gasteiger partial charge in [0.1, 0.15) is 17.9 Å². The highest BCUT2D eigenvalue weighted by molar-refractivity contribution is 5.78. The molecule has 4 aromatic rings. The highest BCUT2D eigenvalue weighted by atomic mass is 19.1. The van der Waals surface area contributed by atoms with Crippen molar-refractivity contribution in [3.63, 3.8) is 0 Å². The summed E-state index contributed by atoms with van der Waals surface area (Å²) in [5, 5.41) is 8.45. The third kappa shape index (κ3) is 3.58. The highest BCUT2D eigenvalue weighted by Crippen LogP contribution is 2.29. The number of hydrogen-bond acceptors (Lipinski definition) is 4. The fourth-order valence-electron chi connectivity index (χ4n) is 3.76. The number of aryl methyl sites for hydroxylation is 3. The lowest BCUT2D eigenvalue weighted by Crippen LogP contribution is -2.04. The van der Waals surface area contributed by atoms with Gasteiger partial charge in [0.15, 0.2) is 5.65 Å². The van der Waals surface area contributed by atoms with Gasteiger partial charge in [-0.1, -0.05) is 13.0 Å². The van der Waals surface area contributed by atoms with Gasteiger partial charge in [-0.25, -0.2) is 4.39 Å². The van der Waals surface area contributed by atoms with Crippen molar-refractivity contribution in [1.82, 2.24) is 19.6 Å². The number of pyridine rings is 2. The van der Waals surface area contributed by atoms with Gasteiger partial charge in [-0.05, 0) is 62.1 Å². The highest BCUT2D eigenvalue weighted by Gasteiger charge is 2.15. The first kappa shape index (κ1) is 19.1. The molecule has 0 atom stereocenters. The van der Waals surface area contributed by atoms with E-state index in [-0.39, 0.29) is 5.82 Å². The average molecular weight is 390 g/mol. The molecule has 0 saturated carbocycles. The van der Waals surface area contributed by atoms with Gasteiger partial charge >= 0.3 is 0 Å². The smallest absolute Gasteiger partial charge is 0.168 e. The Morgan fingerprint density at radius 3 is 2.76 bits per heavy atom. The number of rotatable bonds is 6. The first-order valence-corrected chi connectivity index (χ1v) is 9.71. The van der Waals surface area contributed by atoms with Gasteiger partial charge in [-0.3, -0.25) is 9.38 Å². The molecule has 3 aromatic heterocycles. The Morgan fingerprint density at radius 1 is 1.10 bits per heavy atom. The van der Waals surface area contributed by atoms with Crippen LogP contribution in [-0.4, -0.2) is 26.7 Å². The number of nitrogens with zero attached hydrogens (tertiary/aromatic N) is 4. The van der Waals surface area contributed by atoms with E-state index in [1.165, 1.54) is 0 Å². The van der Waals surface area contributed by atoms with Crippen LogP contribution in [0.5, 0.6) is 5.75 Å². The largest absolute Gasteiger partial charge is 0.496 e. The lowest BCUT2D eigenvalue weighted by Gasteiger charge is -2.13. The summed E-state index contributed by atoms with van der Waals surface area (Å²) in [4.78, 5) is 4.49. The second kappa shape index (κ2) is 7.99. The van der Waals surface area contributed by atoms with Crippen LogP contribution in [-0.2, 0) is 19.3 Å². The van der Waals surface area contributed by atoms with Crippen LogP contribution in [0, 0.1) is 12.7 Å². The molecule has 0 spiro atoms. The van der Waals surface area contributed by atoms with Crippen LogP contribution >= 0.6 is 0 Å². The normalized spacial score (nSPS) is 11.2. The Kier molecular flexibility index (Phi) is 5.25. The van der Waals surface area contributed by atoms with Crippen LogP contribution in [0.3, 0.4) is 0 Å². The molecule has 6 heteroatoms. The van der Waals surface area contributed by atoms with Crippen LogP contribution in [0.15, 0.2) is 48.9 Å². The zero-order chi connectivity index (χ0) is 20.4. The number of methoxy groups -OCH3 is 1. The zero-order valence-corrected chi connectivity index (χ0v) is 16.8. The van der Waals surface area contributed by atoms with Gasteiger partial charge in [0.2, 0.25) is 0 Å². The Morgan fingerprint density at radius 2 is 1.97 bits per heavy atom. The van der Waals surface area contributed by atoms with Crippen molar-refractivity contribution in [3.05, 3.63) is 77.3 Å². The van der Waals surface area contributed by atoms with E-state index in [2.05, 4.69) is 40.3 Å². The Balaban J connectivity index is 1.70. The maximum atomic E-state index is 14.5. The van der Waals surface area contributed by atoms with Gasteiger partial charge in [0, 0.05) is 34.3 Å². The summed E-state index contributed by atoms with van der Waals surface area (Å²) in [6.07, 6.45) is 5.51. The third-order valence-corrected chi connectivity index (χ3v) is 5.21. The zero-order valence-electron chi connectivity index (χ0n) is 16.8. The van der Waals surface area contributed by atoms with Crippen LogP contribution < -0.4 is 4.74 Å². The van der Waals surface area contributed by atoms with Gasteiger partial charge in [-0.15, -0.1) is 10.2 Å². The summed E-state index contributed by atoms with van der Waals surface area (Å²) in [6.45, 7) is 3.95. The Bertz CT molecular complexity index is 1170. The molecule has 0 aliphatic carbocycles. The summed E-state index contributed by atoms with van der Waals surface area (Å²) >= 11 is 0. The minimum atomic E-state index is -0.235. The third-order valence-electron chi connectivity index (χ3n) is 5.21.